The molecule has 0 aliphatic carbocycles. The third-order valence-corrected chi connectivity index (χ3v) is 5.49. The zero-order valence-corrected chi connectivity index (χ0v) is 17.0. The van der Waals surface area contributed by atoms with Crippen LogP contribution in [0.5, 0.6) is 0 Å². The average Bonchev–Trinajstić information content (AvgIpc) is 2.69. The van der Waals surface area contributed by atoms with E-state index >= 15 is 0 Å². The van der Waals surface area contributed by atoms with Gasteiger partial charge in [0.2, 0.25) is 5.91 Å². The summed E-state index contributed by atoms with van der Waals surface area (Å²) in [5, 5.41) is 0.950. The molecule has 2 aromatic rings. The Balaban J connectivity index is 1.80. The predicted molar refractivity (Wildman–Crippen MR) is 113 cm³/mol. The Bertz CT molecular complexity index is 890. The Morgan fingerprint density at radius 3 is 2.61 bits per heavy atom. The smallest absolute Gasteiger partial charge is 0.330 e. The highest BCUT2D eigenvalue weighted by molar-refractivity contribution is 6.39. The van der Waals surface area contributed by atoms with Crippen molar-refractivity contribution in [2.75, 3.05) is 18.6 Å². The number of carbonyl (C=O) groups excluding carboxylic acids is 2. The maximum absolute atomic E-state index is 12.5. The summed E-state index contributed by atoms with van der Waals surface area (Å²) in [4.78, 5) is 25.6. The van der Waals surface area contributed by atoms with E-state index in [0.29, 0.717) is 28.7 Å². The number of para-hydroxylation sites is 1. The first kappa shape index (κ1) is 20.4. The van der Waals surface area contributed by atoms with Crippen molar-refractivity contribution in [3.05, 3.63) is 69.7 Å². The molecule has 1 aliphatic heterocycles. The summed E-state index contributed by atoms with van der Waals surface area (Å²) in [6.45, 7) is 0.553. The Kier molecular flexibility index (Phi) is 6.76. The first-order valence-electron chi connectivity index (χ1n) is 9.08. The van der Waals surface area contributed by atoms with E-state index in [2.05, 4.69) is 4.74 Å². The summed E-state index contributed by atoms with van der Waals surface area (Å²) in [7, 11) is 1.35. The van der Waals surface area contributed by atoms with E-state index in [0.717, 1.165) is 24.0 Å². The monoisotopic (exact) mass is 417 g/mol. The van der Waals surface area contributed by atoms with Gasteiger partial charge in [-0.3, -0.25) is 4.79 Å². The lowest BCUT2D eigenvalue weighted by Gasteiger charge is -2.34. The number of halogens is 2. The van der Waals surface area contributed by atoms with Crippen LogP contribution in [0, 0.1) is 5.92 Å². The highest BCUT2D eigenvalue weighted by atomic mass is 35.5. The Morgan fingerprint density at radius 2 is 1.89 bits per heavy atom. The molecule has 1 aliphatic rings. The van der Waals surface area contributed by atoms with Gasteiger partial charge in [0.25, 0.3) is 0 Å². The molecule has 2 aromatic carbocycles. The van der Waals surface area contributed by atoms with Crippen LogP contribution in [0.1, 0.15) is 24.0 Å². The van der Waals surface area contributed by atoms with Gasteiger partial charge < -0.3 is 9.64 Å². The standard InChI is InChI=1S/C22H21Cl2NO3/c1-28-21(27)12-10-16-5-2-3-6-17(16)13-15-9-11-20(26)25(14-15)22-18(23)7-4-8-19(22)24/h2-8,10,12,15H,9,11,13-14H2,1H3. The lowest BCUT2D eigenvalue weighted by atomic mass is 9.88. The van der Waals surface area contributed by atoms with Crippen molar-refractivity contribution in [2.24, 2.45) is 5.92 Å². The SMILES string of the molecule is COC(=O)C=Cc1ccccc1CC1CCC(=O)N(c2c(Cl)cccc2Cl)C1. The number of piperidine rings is 1. The number of anilines is 1. The molecule has 1 heterocycles. The zero-order chi connectivity index (χ0) is 20.1. The van der Waals surface area contributed by atoms with Crippen molar-refractivity contribution in [3.63, 3.8) is 0 Å². The Hall–Kier alpha value is -2.30. The summed E-state index contributed by atoms with van der Waals surface area (Å²) < 4.78 is 4.66. The maximum atomic E-state index is 12.5. The van der Waals surface area contributed by atoms with E-state index in [1.807, 2.05) is 24.3 Å². The van der Waals surface area contributed by atoms with Crippen LogP contribution in [0.2, 0.25) is 10.0 Å². The molecule has 0 bridgehead atoms. The van der Waals surface area contributed by atoms with E-state index in [-0.39, 0.29) is 11.8 Å². The van der Waals surface area contributed by atoms with Crippen molar-refractivity contribution in [1.29, 1.82) is 0 Å². The van der Waals surface area contributed by atoms with Crippen LogP contribution >= 0.6 is 23.2 Å². The van der Waals surface area contributed by atoms with Crippen LogP contribution in [0.3, 0.4) is 0 Å². The minimum Gasteiger partial charge on any atom is -0.466 e. The lowest BCUT2D eigenvalue weighted by Crippen LogP contribution is -2.41. The van der Waals surface area contributed by atoms with Crippen LogP contribution in [0.15, 0.2) is 48.5 Å². The number of methoxy groups -OCH3 is 1. The van der Waals surface area contributed by atoms with Crippen LogP contribution < -0.4 is 4.90 Å². The molecule has 1 unspecified atom stereocenters. The Labute approximate surface area is 174 Å². The van der Waals surface area contributed by atoms with Gasteiger partial charge in [-0.05, 0) is 48.1 Å². The van der Waals surface area contributed by atoms with Gasteiger partial charge in [0.1, 0.15) is 0 Å². The van der Waals surface area contributed by atoms with Crippen molar-refractivity contribution in [3.8, 4) is 0 Å². The van der Waals surface area contributed by atoms with Crippen LogP contribution in [0.25, 0.3) is 6.08 Å². The van der Waals surface area contributed by atoms with Gasteiger partial charge in [-0.2, -0.15) is 0 Å². The largest absolute Gasteiger partial charge is 0.466 e. The number of benzene rings is 2. The lowest BCUT2D eigenvalue weighted by molar-refractivity contribution is -0.134. The number of nitrogens with zero attached hydrogens (tertiary/aromatic N) is 1. The molecule has 146 valence electrons. The topological polar surface area (TPSA) is 46.6 Å². The Morgan fingerprint density at radius 1 is 1.18 bits per heavy atom. The number of amides is 1. The molecule has 0 saturated carbocycles. The second-order valence-corrected chi connectivity index (χ2v) is 7.55. The quantitative estimate of drug-likeness (QED) is 0.498. The minimum atomic E-state index is -0.391. The van der Waals surface area contributed by atoms with Crippen molar-refractivity contribution < 1.29 is 14.3 Å². The van der Waals surface area contributed by atoms with E-state index < -0.39 is 5.97 Å². The second-order valence-electron chi connectivity index (χ2n) is 6.74. The molecular formula is C22H21Cl2NO3. The number of ether oxygens (including phenoxy) is 1. The summed E-state index contributed by atoms with van der Waals surface area (Å²) in [6, 6.07) is 13.2. The predicted octanol–water partition coefficient (Wildman–Crippen LogP) is 5.17. The molecule has 0 aromatic heterocycles. The summed E-state index contributed by atoms with van der Waals surface area (Å²) in [5.74, 6) is -0.0968. The fourth-order valence-corrected chi connectivity index (χ4v) is 4.06. The molecule has 1 saturated heterocycles. The molecule has 0 N–H and O–H groups in total. The third-order valence-electron chi connectivity index (χ3n) is 4.88. The highest BCUT2D eigenvalue weighted by Gasteiger charge is 2.29. The third kappa shape index (κ3) is 4.75. The van der Waals surface area contributed by atoms with Gasteiger partial charge in [-0.15, -0.1) is 0 Å². The van der Waals surface area contributed by atoms with Gasteiger partial charge >= 0.3 is 5.97 Å². The van der Waals surface area contributed by atoms with E-state index in [4.69, 9.17) is 23.2 Å². The average molecular weight is 418 g/mol. The van der Waals surface area contributed by atoms with E-state index in [9.17, 15) is 9.59 Å². The van der Waals surface area contributed by atoms with E-state index in [1.165, 1.54) is 13.2 Å². The number of carbonyl (C=O) groups is 2. The minimum absolute atomic E-state index is 0.0325. The van der Waals surface area contributed by atoms with Crippen LogP contribution in [-0.4, -0.2) is 25.5 Å². The van der Waals surface area contributed by atoms with Gasteiger partial charge in [0.05, 0.1) is 22.8 Å². The number of hydrogen-bond donors (Lipinski definition) is 0. The van der Waals surface area contributed by atoms with E-state index in [1.54, 1.807) is 29.2 Å². The molecule has 0 radical (unpaired) electrons. The summed E-state index contributed by atoms with van der Waals surface area (Å²) in [5.41, 5.74) is 2.67. The van der Waals surface area contributed by atoms with Crippen molar-refractivity contribution >= 4 is 46.8 Å². The number of esters is 1. The van der Waals surface area contributed by atoms with Gasteiger partial charge in [-0.25, -0.2) is 4.79 Å². The number of rotatable bonds is 5. The molecule has 1 amide bonds. The van der Waals surface area contributed by atoms with Gasteiger partial charge in [0, 0.05) is 19.0 Å². The highest BCUT2D eigenvalue weighted by Crippen LogP contribution is 2.37. The van der Waals surface area contributed by atoms with Crippen molar-refractivity contribution in [1.82, 2.24) is 0 Å². The van der Waals surface area contributed by atoms with Gasteiger partial charge in [-0.1, -0.05) is 53.5 Å². The normalized spacial score (nSPS) is 17.2. The molecule has 28 heavy (non-hydrogen) atoms. The van der Waals surface area contributed by atoms with Crippen LogP contribution in [-0.2, 0) is 20.7 Å². The zero-order valence-electron chi connectivity index (χ0n) is 15.5. The second kappa shape index (κ2) is 9.26. The molecule has 1 atom stereocenters. The molecule has 0 spiro atoms. The molecule has 1 fully saturated rings. The summed E-state index contributed by atoms with van der Waals surface area (Å²) in [6.07, 6.45) is 5.21. The molecular weight excluding hydrogens is 397 g/mol. The number of hydrogen-bond acceptors (Lipinski definition) is 3. The van der Waals surface area contributed by atoms with Gasteiger partial charge in [0.15, 0.2) is 0 Å². The fourth-order valence-electron chi connectivity index (χ4n) is 3.46. The fraction of sp³-hybridized carbons (Fsp3) is 0.273. The first-order valence-corrected chi connectivity index (χ1v) is 9.83. The maximum Gasteiger partial charge on any atom is 0.330 e. The van der Waals surface area contributed by atoms with Crippen molar-refractivity contribution in [2.45, 2.75) is 19.3 Å². The molecule has 4 nitrogen and oxygen atoms in total. The molecule has 3 rings (SSSR count). The first-order chi connectivity index (χ1) is 13.5. The van der Waals surface area contributed by atoms with Crippen LogP contribution in [0.4, 0.5) is 5.69 Å². The summed E-state index contributed by atoms with van der Waals surface area (Å²) >= 11 is 12.6. The molecule has 6 heteroatoms.